The number of rotatable bonds is 6. The molecule has 2 aromatic rings. The molecule has 5 nitrogen and oxygen atoms in total. The first-order valence-corrected chi connectivity index (χ1v) is 10.4. The lowest BCUT2D eigenvalue weighted by molar-refractivity contribution is -0.125. The molecule has 1 saturated carbocycles. The summed E-state index contributed by atoms with van der Waals surface area (Å²) in [6.45, 7) is 4.08. The van der Waals surface area contributed by atoms with Crippen molar-refractivity contribution in [2.24, 2.45) is 5.92 Å². The average Bonchev–Trinajstić information content (AvgIpc) is 3.18. The lowest BCUT2D eigenvalue weighted by Crippen LogP contribution is -2.39. The van der Waals surface area contributed by atoms with Gasteiger partial charge >= 0.3 is 5.97 Å². The maximum atomic E-state index is 12.2. The van der Waals surface area contributed by atoms with E-state index in [2.05, 4.69) is 36.3 Å². The minimum absolute atomic E-state index is 0.198. The Kier molecular flexibility index (Phi) is 6.61. The molecule has 1 fully saturated rings. The molecule has 3 rings (SSSR count). The van der Waals surface area contributed by atoms with Crippen LogP contribution in [0.4, 0.5) is 0 Å². The molecule has 1 aromatic heterocycles. The van der Waals surface area contributed by atoms with Gasteiger partial charge in [-0.25, -0.2) is 9.78 Å². The van der Waals surface area contributed by atoms with Gasteiger partial charge < -0.3 is 10.1 Å². The second-order valence-corrected chi connectivity index (χ2v) is 8.05. The monoisotopic (exact) mass is 386 g/mol. The van der Waals surface area contributed by atoms with Gasteiger partial charge in [-0.1, -0.05) is 38.1 Å². The number of benzene rings is 1. The first kappa shape index (κ1) is 19.5. The third kappa shape index (κ3) is 5.39. The third-order valence-corrected chi connectivity index (χ3v) is 5.93. The van der Waals surface area contributed by atoms with Crippen LogP contribution in [-0.2, 0) is 16.0 Å². The number of carbonyl (C=O) groups excluding carboxylic acids is 2. The van der Waals surface area contributed by atoms with Gasteiger partial charge in [0.15, 0.2) is 12.3 Å². The molecule has 0 radical (unpaired) electrons. The third-order valence-electron chi connectivity index (χ3n) is 5.04. The average molecular weight is 387 g/mol. The number of hydrogen-bond donors (Lipinski definition) is 1. The summed E-state index contributed by atoms with van der Waals surface area (Å²) in [6.07, 6.45) is 5.23. The highest BCUT2D eigenvalue weighted by Gasteiger charge is 2.21. The van der Waals surface area contributed by atoms with Gasteiger partial charge in [-0.05, 0) is 43.6 Å². The Hall–Kier alpha value is -2.21. The first-order valence-electron chi connectivity index (χ1n) is 9.56. The van der Waals surface area contributed by atoms with E-state index in [0.717, 1.165) is 48.6 Å². The molecular formula is C21H26N2O3S. The number of amides is 1. The van der Waals surface area contributed by atoms with Crippen molar-refractivity contribution in [3.8, 4) is 10.6 Å². The van der Waals surface area contributed by atoms with Crippen LogP contribution in [0.3, 0.4) is 0 Å². The minimum atomic E-state index is -0.560. The van der Waals surface area contributed by atoms with Crippen LogP contribution in [0.5, 0.6) is 0 Å². The molecule has 0 aliphatic heterocycles. The first-order chi connectivity index (χ1) is 13.0. The van der Waals surface area contributed by atoms with Crippen molar-refractivity contribution in [1.29, 1.82) is 0 Å². The Morgan fingerprint density at radius 3 is 2.56 bits per heavy atom. The molecule has 0 atom stereocenters. The molecule has 1 aliphatic carbocycles. The van der Waals surface area contributed by atoms with Crippen LogP contribution in [0.1, 0.15) is 55.6 Å². The van der Waals surface area contributed by atoms with Gasteiger partial charge in [0.1, 0.15) is 5.01 Å². The van der Waals surface area contributed by atoms with E-state index in [9.17, 15) is 9.59 Å². The second-order valence-electron chi connectivity index (χ2n) is 7.19. The minimum Gasteiger partial charge on any atom is -0.451 e. The summed E-state index contributed by atoms with van der Waals surface area (Å²) >= 11 is 1.39. The fraction of sp³-hybridized carbons (Fsp3) is 0.476. The predicted molar refractivity (Wildman–Crippen MR) is 107 cm³/mol. The largest absolute Gasteiger partial charge is 0.451 e. The van der Waals surface area contributed by atoms with Crippen LogP contribution in [0.2, 0.25) is 0 Å². The number of aryl methyl sites for hydroxylation is 1. The molecule has 1 aromatic carbocycles. The van der Waals surface area contributed by atoms with Crippen LogP contribution in [-0.4, -0.2) is 29.5 Å². The predicted octanol–water partition coefficient (Wildman–Crippen LogP) is 4.22. The number of aromatic nitrogens is 1. The van der Waals surface area contributed by atoms with Gasteiger partial charge in [-0.2, -0.15) is 0 Å². The molecule has 6 heteroatoms. The van der Waals surface area contributed by atoms with E-state index in [0.29, 0.717) is 0 Å². The maximum absolute atomic E-state index is 12.2. The standard InChI is InChI=1S/C21H26N2O3S/c1-3-15-6-8-16(9-7-15)20-23-18(13-27-20)21(25)26-12-19(24)22-17-10-4-14(2)5-11-17/h6-9,13-14,17H,3-5,10-12H2,1-2H3,(H,22,24). The molecule has 1 aliphatic rings. The Labute approximate surface area is 164 Å². The van der Waals surface area contributed by atoms with Crippen molar-refractivity contribution in [3.05, 3.63) is 40.9 Å². The van der Waals surface area contributed by atoms with Gasteiger partial charge in [0.05, 0.1) is 0 Å². The van der Waals surface area contributed by atoms with E-state index in [1.54, 1.807) is 5.38 Å². The van der Waals surface area contributed by atoms with Crippen molar-refractivity contribution >= 4 is 23.2 Å². The number of nitrogens with zero attached hydrogens (tertiary/aromatic N) is 1. The van der Waals surface area contributed by atoms with Crippen LogP contribution in [0.25, 0.3) is 10.6 Å². The topological polar surface area (TPSA) is 68.3 Å². The zero-order valence-electron chi connectivity index (χ0n) is 15.9. The highest BCUT2D eigenvalue weighted by Crippen LogP contribution is 2.25. The lowest BCUT2D eigenvalue weighted by atomic mass is 9.87. The van der Waals surface area contributed by atoms with Crippen molar-refractivity contribution in [2.45, 2.75) is 52.0 Å². The quantitative estimate of drug-likeness (QED) is 0.755. The van der Waals surface area contributed by atoms with Crippen molar-refractivity contribution in [1.82, 2.24) is 10.3 Å². The zero-order chi connectivity index (χ0) is 19.2. The Bertz CT molecular complexity index is 777. The molecule has 0 spiro atoms. The van der Waals surface area contributed by atoms with Gasteiger partial charge in [0.2, 0.25) is 0 Å². The molecule has 0 saturated heterocycles. The summed E-state index contributed by atoms with van der Waals surface area (Å²) in [7, 11) is 0. The van der Waals surface area contributed by atoms with Crippen LogP contribution in [0.15, 0.2) is 29.6 Å². The van der Waals surface area contributed by atoms with E-state index in [1.165, 1.54) is 16.9 Å². The Balaban J connectivity index is 1.49. The summed E-state index contributed by atoms with van der Waals surface area (Å²) in [4.78, 5) is 28.5. The molecule has 0 unspecified atom stereocenters. The maximum Gasteiger partial charge on any atom is 0.358 e. The Morgan fingerprint density at radius 1 is 1.19 bits per heavy atom. The van der Waals surface area contributed by atoms with Crippen molar-refractivity contribution in [3.63, 3.8) is 0 Å². The molecule has 144 valence electrons. The van der Waals surface area contributed by atoms with Gasteiger partial charge in [0, 0.05) is 17.0 Å². The van der Waals surface area contributed by atoms with Gasteiger partial charge in [0.25, 0.3) is 5.91 Å². The number of esters is 1. The van der Waals surface area contributed by atoms with E-state index < -0.39 is 5.97 Å². The summed E-state index contributed by atoms with van der Waals surface area (Å²) < 4.78 is 5.13. The summed E-state index contributed by atoms with van der Waals surface area (Å²) in [5.74, 6) is -0.0726. The smallest absolute Gasteiger partial charge is 0.358 e. The number of hydrogen-bond acceptors (Lipinski definition) is 5. The molecule has 1 heterocycles. The number of nitrogens with one attached hydrogen (secondary N) is 1. The van der Waals surface area contributed by atoms with E-state index >= 15 is 0 Å². The normalized spacial score (nSPS) is 19.5. The van der Waals surface area contributed by atoms with Crippen LogP contribution in [0, 0.1) is 5.92 Å². The summed E-state index contributed by atoms with van der Waals surface area (Å²) in [5.41, 5.74) is 2.47. The van der Waals surface area contributed by atoms with Crippen LogP contribution >= 0.6 is 11.3 Å². The molecule has 27 heavy (non-hydrogen) atoms. The highest BCUT2D eigenvalue weighted by molar-refractivity contribution is 7.13. The van der Waals surface area contributed by atoms with Crippen molar-refractivity contribution in [2.75, 3.05) is 6.61 Å². The molecular weight excluding hydrogens is 360 g/mol. The number of carbonyl (C=O) groups is 2. The van der Waals surface area contributed by atoms with Gasteiger partial charge in [-0.3, -0.25) is 4.79 Å². The lowest BCUT2D eigenvalue weighted by Gasteiger charge is -2.26. The number of ether oxygens (including phenoxy) is 1. The fourth-order valence-electron chi connectivity index (χ4n) is 3.26. The van der Waals surface area contributed by atoms with E-state index in [-0.39, 0.29) is 24.2 Å². The Morgan fingerprint density at radius 2 is 1.89 bits per heavy atom. The van der Waals surface area contributed by atoms with Gasteiger partial charge in [-0.15, -0.1) is 11.3 Å². The molecule has 0 bridgehead atoms. The zero-order valence-corrected chi connectivity index (χ0v) is 16.7. The molecule has 1 amide bonds. The number of thiazole rings is 1. The highest BCUT2D eigenvalue weighted by atomic mass is 32.1. The van der Waals surface area contributed by atoms with E-state index in [1.807, 2.05) is 12.1 Å². The van der Waals surface area contributed by atoms with Crippen LogP contribution < -0.4 is 5.32 Å². The van der Waals surface area contributed by atoms with Crippen molar-refractivity contribution < 1.29 is 14.3 Å². The second kappa shape index (κ2) is 9.13. The van der Waals surface area contributed by atoms with E-state index in [4.69, 9.17) is 4.74 Å². The SMILES string of the molecule is CCc1ccc(-c2nc(C(=O)OCC(=O)NC3CCC(C)CC3)cs2)cc1. The fourth-order valence-corrected chi connectivity index (χ4v) is 4.06. The summed E-state index contributed by atoms with van der Waals surface area (Å²) in [6, 6.07) is 8.33. The summed E-state index contributed by atoms with van der Waals surface area (Å²) in [5, 5.41) is 5.40. The molecule has 1 N–H and O–H groups in total.